The minimum atomic E-state index is -3.72. The molecule has 0 atom stereocenters. The summed E-state index contributed by atoms with van der Waals surface area (Å²) in [5.74, 6) is 1.47. The predicted molar refractivity (Wildman–Crippen MR) is 118 cm³/mol. The number of sulfonamides is 1. The Labute approximate surface area is 186 Å². The summed E-state index contributed by atoms with van der Waals surface area (Å²) in [7, 11) is -2.03. The van der Waals surface area contributed by atoms with Crippen molar-refractivity contribution in [1.82, 2.24) is 24.4 Å². The van der Waals surface area contributed by atoms with Crippen LogP contribution in [0.2, 0.25) is 0 Å². The zero-order valence-electron chi connectivity index (χ0n) is 17.3. The fraction of sp³-hybridized carbons (Fsp3) is 0.381. The molecule has 0 spiro atoms. The highest BCUT2D eigenvalue weighted by atomic mass is 32.2. The largest absolute Gasteiger partial charge is 0.334 e. The maximum atomic E-state index is 13.0. The molecule has 0 aliphatic carbocycles. The molecule has 0 bridgehead atoms. The molecule has 4 rings (SSSR count). The molecule has 0 saturated heterocycles. The number of aromatic nitrogens is 3. The van der Waals surface area contributed by atoms with Crippen LogP contribution in [0.25, 0.3) is 0 Å². The van der Waals surface area contributed by atoms with Crippen LogP contribution in [0.1, 0.15) is 46.1 Å². The van der Waals surface area contributed by atoms with E-state index < -0.39 is 10.0 Å². The molecule has 0 unspecified atom stereocenters. The third-order valence-corrected chi connectivity index (χ3v) is 7.59. The molecule has 0 saturated carbocycles. The van der Waals surface area contributed by atoms with Crippen molar-refractivity contribution >= 4 is 27.3 Å². The number of hydrogen-bond donors (Lipinski definition) is 1. The van der Waals surface area contributed by atoms with Gasteiger partial charge in [0.2, 0.25) is 10.0 Å². The fourth-order valence-corrected chi connectivity index (χ4v) is 5.41. The molecule has 1 N–H and O–H groups in total. The summed E-state index contributed by atoms with van der Waals surface area (Å²) >= 11 is 1.48. The molecular formula is C21H25N5O3S2. The van der Waals surface area contributed by atoms with Crippen LogP contribution in [0.4, 0.5) is 0 Å². The van der Waals surface area contributed by atoms with Crippen molar-refractivity contribution in [3.05, 3.63) is 63.9 Å². The monoisotopic (exact) mass is 459 g/mol. The van der Waals surface area contributed by atoms with Gasteiger partial charge < -0.3 is 9.47 Å². The lowest BCUT2D eigenvalue weighted by molar-refractivity contribution is 0.0779. The Morgan fingerprint density at radius 1 is 1.19 bits per heavy atom. The van der Waals surface area contributed by atoms with E-state index in [1.165, 1.54) is 29.9 Å². The summed E-state index contributed by atoms with van der Waals surface area (Å²) in [5, 5.41) is 10.4. The lowest BCUT2D eigenvalue weighted by Crippen LogP contribution is -2.28. The fourth-order valence-electron chi connectivity index (χ4n) is 3.63. The van der Waals surface area contributed by atoms with Gasteiger partial charge in [-0.05, 0) is 42.5 Å². The lowest BCUT2D eigenvalue weighted by Gasteiger charge is -2.18. The van der Waals surface area contributed by atoms with E-state index in [1.54, 1.807) is 24.1 Å². The number of thiophene rings is 1. The van der Waals surface area contributed by atoms with Gasteiger partial charge in [-0.3, -0.25) is 4.79 Å². The molecule has 1 aliphatic heterocycles. The van der Waals surface area contributed by atoms with Crippen LogP contribution in [0.5, 0.6) is 0 Å². The van der Waals surface area contributed by atoms with Gasteiger partial charge in [0.15, 0.2) is 5.82 Å². The Balaban J connectivity index is 1.47. The average Bonchev–Trinajstić information content (AvgIpc) is 3.36. The first-order valence-electron chi connectivity index (χ1n) is 10.2. The second-order valence-electron chi connectivity index (χ2n) is 7.59. The molecule has 164 valence electrons. The van der Waals surface area contributed by atoms with Crippen LogP contribution in [-0.4, -0.2) is 41.0 Å². The van der Waals surface area contributed by atoms with Gasteiger partial charge in [-0.15, -0.1) is 21.5 Å². The summed E-state index contributed by atoms with van der Waals surface area (Å²) in [6.45, 7) is 1.40. The summed E-state index contributed by atoms with van der Waals surface area (Å²) in [5.41, 5.74) is 0.317. The number of nitrogens with one attached hydrogen (secondary N) is 1. The molecule has 1 aromatic carbocycles. The molecule has 1 amide bonds. The van der Waals surface area contributed by atoms with E-state index in [-0.39, 0.29) is 17.3 Å². The van der Waals surface area contributed by atoms with Crippen molar-refractivity contribution < 1.29 is 13.2 Å². The lowest BCUT2D eigenvalue weighted by atomic mass is 10.2. The number of nitrogens with zero attached hydrogens (tertiary/aromatic N) is 4. The second-order valence-corrected chi connectivity index (χ2v) is 10.4. The van der Waals surface area contributed by atoms with E-state index in [1.807, 2.05) is 17.5 Å². The van der Waals surface area contributed by atoms with Gasteiger partial charge in [-0.1, -0.05) is 18.6 Å². The molecule has 8 nitrogen and oxygen atoms in total. The van der Waals surface area contributed by atoms with Crippen molar-refractivity contribution in [1.29, 1.82) is 0 Å². The van der Waals surface area contributed by atoms with E-state index in [0.29, 0.717) is 12.1 Å². The van der Waals surface area contributed by atoms with Crippen molar-refractivity contribution in [2.24, 2.45) is 0 Å². The number of hydrogen-bond acceptors (Lipinski definition) is 6. The van der Waals surface area contributed by atoms with Gasteiger partial charge in [0.05, 0.1) is 11.4 Å². The topological polar surface area (TPSA) is 97.2 Å². The molecule has 31 heavy (non-hydrogen) atoms. The summed E-state index contributed by atoms with van der Waals surface area (Å²) in [6.07, 6.45) is 4.26. The van der Waals surface area contributed by atoms with Gasteiger partial charge in [-0.25, -0.2) is 13.1 Å². The highest BCUT2D eigenvalue weighted by Crippen LogP contribution is 2.18. The first-order valence-corrected chi connectivity index (χ1v) is 12.6. The van der Waals surface area contributed by atoms with Gasteiger partial charge in [0.1, 0.15) is 5.82 Å². The highest BCUT2D eigenvalue weighted by molar-refractivity contribution is 7.89. The third kappa shape index (κ3) is 5.03. The molecule has 2 aromatic heterocycles. The number of aryl methyl sites for hydroxylation is 1. The third-order valence-electron chi connectivity index (χ3n) is 5.32. The highest BCUT2D eigenvalue weighted by Gasteiger charge is 2.21. The van der Waals surface area contributed by atoms with Gasteiger partial charge in [0.25, 0.3) is 5.91 Å². The van der Waals surface area contributed by atoms with E-state index in [0.717, 1.165) is 42.3 Å². The molecule has 10 heteroatoms. The first kappa shape index (κ1) is 21.7. The molecule has 0 fully saturated rings. The number of amides is 1. The van der Waals surface area contributed by atoms with Crippen molar-refractivity contribution in [3.8, 4) is 0 Å². The Morgan fingerprint density at radius 2 is 2.06 bits per heavy atom. The first-order chi connectivity index (χ1) is 14.9. The van der Waals surface area contributed by atoms with E-state index >= 15 is 0 Å². The van der Waals surface area contributed by atoms with Crippen LogP contribution in [0, 0.1) is 0 Å². The van der Waals surface area contributed by atoms with E-state index in [9.17, 15) is 13.2 Å². The number of carbonyl (C=O) groups is 1. The number of fused-ring (bicyclic) bond motifs is 1. The zero-order chi connectivity index (χ0) is 21.8. The maximum Gasteiger partial charge on any atom is 0.254 e. The van der Waals surface area contributed by atoms with Crippen LogP contribution < -0.4 is 4.72 Å². The summed E-state index contributed by atoms with van der Waals surface area (Å²) in [4.78, 5) is 15.5. The van der Waals surface area contributed by atoms with Crippen LogP contribution in [0.15, 0.2) is 46.7 Å². The van der Waals surface area contributed by atoms with Crippen LogP contribution in [0.3, 0.4) is 0 Å². The Kier molecular flexibility index (Phi) is 6.49. The summed E-state index contributed by atoms with van der Waals surface area (Å²) in [6, 6.07) is 9.86. The second kappa shape index (κ2) is 9.29. The molecular weight excluding hydrogens is 434 g/mol. The predicted octanol–water partition coefficient (Wildman–Crippen LogP) is 2.82. The Bertz CT molecular complexity index is 1160. The number of carbonyl (C=O) groups excluding carboxylic acids is 1. The van der Waals surface area contributed by atoms with E-state index in [2.05, 4.69) is 19.5 Å². The molecule has 3 heterocycles. The normalized spacial score (nSPS) is 14.1. The van der Waals surface area contributed by atoms with Crippen molar-refractivity contribution in [3.63, 3.8) is 0 Å². The zero-order valence-corrected chi connectivity index (χ0v) is 19.0. The van der Waals surface area contributed by atoms with Gasteiger partial charge in [-0.2, -0.15) is 0 Å². The minimum Gasteiger partial charge on any atom is -0.334 e. The smallest absolute Gasteiger partial charge is 0.254 e. The standard InChI is InChI=1S/C21H25N5O3S2/c1-25(15-20-24-23-19-10-3-2-4-11-26(19)20)21(27)16-7-5-9-18(13-16)31(28,29)22-14-17-8-6-12-30-17/h5-9,12-13,22H,2-4,10-11,14-15H2,1H3. The molecule has 1 aliphatic rings. The van der Waals surface area contributed by atoms with Crippen molar-refractivity contribution in [2.75, 3.05) is 7.05 Å². The van der Waals surface area contributed by atoms with Gasteiger partial charge >= 0.3 is 0 Å². The Morgan fingerprint density at radius 3 is 2.87 bits per heavy atom. The van der Waals surface area contributed by atoms with Crippen molar-refractivity contribution in [2.45, 2.75) is 50.2 Å². The quantitative estimate of drug-likeness (QED) is 0.586. The SMILES string of the molecule is CN(Cc1nnc2n1CCCCC2)C(=O)c1cccc(S(=O)(=O)NCc2cccs2)c1. The maximum absolute atomic E-state index is 13.0. The average molecular weight is 460 g/mol. The van der Waals surface area contributed by atoms with E-state index in [4.69, 9.17) is 0 Å². The molecule has 0 radical (unpaired) electrons. The minimum absolute atomic E-state index is 0.0691. The number of rotatable bonds is 7. The van der Waals surface area contributed by atoms with Crippen LogP contribution >= 0.6 is 11.3 Å². The van der Waals surface area contributed by atoms with Crippen LogP contribution in [-0.2, 0) is 36.1 Å². The molecule has 3 aromatic rings. The summed E-state index contributed by atoms with van der Waals surface area (Å²) < 4.78 is 30.0. The van der Waals surface area contributed by atoms with Gasteiger partial charge in [0, 0.05) is 37.0 Å². The number of benzene rings is 1. The Hall–Kier alpha value is -2.56.